The third-order valence-corrected chi connectivity index (χ3v) is 4.08. The fourth-order valence-electron chi connectivity index (χ4n) is 2.79. The van der Waals surface area contributed by atoms with Crippen LogP contribution in [0, 0.1) is 13.8 Å². The number of rotatable bonds is 7. The summed E-state index contributed by atoms with van der Waals surface area (Å²) in [5, 5.41) is 16.3. The number of para-hydroxylation sites is 1. The fraction of sp³-hybridized carbons (Fsp3) is 0.350. The van der Waals surface area contributed by atoms with E-state index >= 15 is 0 Å². The van der Waals surface area contributed by atoms with Crippen molar-refractivity contribution in [2.24, 2.45) is 0 Å². The molecule has 3 N–H and O–H groups in total. The van der Waals surface area contributed by atoms with E-state index in [1.807, 2.05) is 69.3 Å². The van der Waals surface area contributed by atoms with Crippen LogP contribution in [0.4, 0.5) is 5.69 Å². The van der Waals surface area contributed by atoms with Crippen molar-refractivity contribution < 1.29 is 9.90 Å². The second-order valence-electron chi connectivity index (χ2n) is 6.25. The monoisotopic (exact) mass is 326 g/mol. The van der Waals surface area contributed by atoms with Gasteiger partial charge in [-0.25, -0.2) is 0 Å². The number of aliphatic hydroxyl groups is 1. The number of aliphatic hydroxyl groups excluding tert-OH is 1. The minimum absolute atomic E-state index is 0.0783. The first-order valence-electron chi connectivity index (χ1n) is 8.30. The average Bonchev–Trinajstić information content (AvgIpc) is 2.55. The van der Waals surface area contributed by atoms with Gasteiger partial charge in [-0.2, -0.15) is 0 Å². The maximum Gasteiger partial charge on any atom is 0.239 e. The molecule has 0 fully saturated rings. The van der Waals surface area contributed by atoms with Gasteiger partial charge >= 0.3 is 0 Å². The smallest absolute Gasteiger partial charge is 0.239 e. The first-order valence-corrected chi connectivity index (χ1v) is 8.30. The summed E-state index contributed by atoms with van der Waals surface area (Å²) in [4.78, 5) is 12.1. The Bertz CT molecular complexity index is 650. The van der Waals surface area contributed by atoms with E-state index in [1.165, 1.54) is 0 Å². The summed E-state index contributed by atoms with van der Waals surface area (Å²) in [5.41, 5.74) is 4.11. The third kappa shape index (κ3) is 5.10. The van der Waals surface area contributed by atoms with Crippen LogP contribution in [0.15, 0.2) is 48.5 Å². The first kappa shape index (κ1) is 18.0. The summed E-state index contributed by atoms with van der Waals surface area (Å²) in [6.07, 6.45) is -0.0906. The zero-order valence-electron chi connectivity index (χ0n) is 14.5. The number of carbonyl (C=O) groups is 1. The lowest BCUT2D eigenvalue weighted by Gasteiger charge is -2.19. The summed E-state index contributed by atoms with van der Waals surface area (Å²) >= 11 is 0. The molecule has 2 rings (SSSR count). The van der Waals surface area contributed by atoms with E-state index in [9.17, 15) is 9.90 Å². The SMILES string of the molecule is Cc1cccc(C)c1NCC(=O)NC(C)CC(O)c1ccccc1. The van der Waals surface area contributed by atoms with Gasteiger partial charge in [0.15, 0.2) is 0 Å². The van der Waals surface area contributed by atoms with Crippen LogP contribution in [0.2, 0.25) is 0 Å². The van der Waals surface area contributed by atoms with Gasteiger partial charge in [0.05, 0.1) is 12.6 Å². The highest BCUT2D eigenvalue weighted by Crippen LogP contribution is 2.19. The Morgan fingerprint density at radius 2 is 1.67 bits per heavy atom. The lowest BCUT2D eigenvalue weighted by atomic mass is 10.0. The van der Waals surface area contributed by atoms with E-state index < -0.39 is 6.10 Å². The number of anilines is 1. The normalized spacial score (nSPS) is 13.2. The molecule has 2 aromatic carbocycles. The van der Waals surface area contributed by atoms with Crippen molar-refractivity contribution in [1.82, 2.24) is 5.32 Å². The summed E-state index contributed by atoms with van der Waals surface area (Å²) in [7, 11) is 0. The Morgan fingerprint density at radius 3 is 2.29 bits per heavy atom. The van der Waals surface area contributed by atoms with Crippen molar-refractivity contribution in [3.05, 3.63) is 65.2 Å². The molecule has 2 unspecified atom stereocenters. The van der Waals surface area contributed by atoms with Crippen LogP contribution >= 0.6 is 0 Å². The van der Waals surface area contributed by atoms with E-state index in [0.29, 0.717) is 6.42 Å². The molecule has 0 aliphatic carbocycles. The van der Waals surface area contributed by atoms with Gasteiger partial charge in [0.2, 0.25) is 5.91 Å². The Balaban J connectivity index is 1.81. The molecule has 0 saturated carbocycles. The number of aryl methyl sites for hydroxylation is 2. The molecule has 0 bridgehead atoms. The van der Waals surface area contributed by atoms with Crippen LogP contribution in [0.1, 0.15) is 36.1 Å². The molecule has 0 spiro atoms. The topological polar surface area (TPSA) is 61.4 Å². The number of nitrogens with one attached hydrogen (secondary N) is 2. The predicted molar refractivity (Wildman–Crippen MR) is 98.0 cm³/mol. The van der Waals surface area contributed by atoms with Gasteiger partial charge in [0, 0.05) is 11.7 Å². The zero-order valence-corrected chi connectivity index (χ0v) is 14.5. The molecule has 0 aliphatic rings. The molecule has 128 valence electrons. The van der Waals surface area contributed by atoms with Crippen molar-refractivity contribution in [3.63, 3.8) is 0 Å². The van der Waals surface area contributed by atoms with Gasteiger partial charge in [0.25, 0.3) is 0 Å². The van der Waals surface area contributed by atoms with Crippen molar-refractivity contribution in [2.75, 3.05) is 11.9 Å². The van der Waals surface area contributed by atoms with Gasteiger partial charge in [0.1, 0.15) is 0 Å². The van der Waals surface area contributed by atoms with Crippen molar-refractivity contribution in [2.45, 2.75) is 39.3 Å². The van der Waals surface area contributed by atoms with E-state index in [4.69, 9.17) is 0 Å². The molecule has 24 heavy (non-hydrogen) atoms. The number of carbonyl (C=O) groups excluding carboxylic acids is 1. The molecule has 2 atom stereocenters. The van der Waals surface area contributed by atoms with Crippen molar-refractivity contribution in [1.29, 1.82) is 0 Å². The Labute approximate surface area is 143 Å². The minimum atomic E-state index is -0.576. The quantitative estimate of drug-likeness (QED) is 0.731. The molecule has 0 heterocycles. The van der Waals surface area contributed by atoms with E-state index in [-0.39, 0.29) is 18.5 Å². The molecule has 0 aromatic heterocycles. The molecule has 4 nitrogen and oxygen atoms in total. The summed E-state index contributed by atoms with van der Waals surface area (Å²) in [6.45, 7) is 6.17. The van der Waals surface area contributed by atoms with E-state index in [0.717, 1.165) is 22.4 Å². The number of hydrogen-bond donors (Lipinski definition) is 3. The second kappa shape index (κ2) is 8.50. The maximum absolute atomic E-state index is 12.1. The first-order chi connectivity index (χ1) is 11.5. The van der Waals surface area contributed by atoms with Gasteiger partial charge < -0.3 is 15.7 Å². The van der Waals surface area contributed by atoms with Crippen LogP contribution in [0.3, 0.4) is 0 Å². The molecule has 0 radical (unpaired) electrons. The second-order valence-corrected chi connectivity index (χ2v) is 6.25. The molecular formula is C20H26N2O2. The third-order valence-electron chi connectivity index (χ3n) is 4.08. The Morgan fingerprint density at radius 1 is 1.04 bits per heavy atom. The van der Waals surface area contributed by atoms with E-state index in [2.05, 4.69) is 10.6 Å². The number of hydrogen-bond acceptors (Lipinski definition) is 3. The highest BCUT2D eigenvalue weighted by molar-refractivity contribution is 5.81. The van der Waals surface area contributed by atoms with Gasteiger partial charge in [-0.3, -0.25) is 4.79 Å². The highest BCUT2D eigenvalue weighted by Gasteiger charge is 2.14. The number of benzene rings is 2. The largest absolute Gasteiger partial charge is 0.388 e. The van der Waals surface area contributed by atoms with Crippen LogP contribution in [0.25, 0.3) is 0 Å². The lowest BCUT2D eigenvalue weighted by molar-refractivity contribution is -0.120. The van der Waals surface area contributed by atoms with Gasteiger partial charge in [-0.1, -0.05) is 48.5 Å². The average molecular weight is 326 g/mol. The van der Waals surface area contributed by atoms with Gasteiger partial charge in [-0.15, -0.1) is 0 Å². The molecule has 4 heteroatoms. The maximum atomic E-state index is 12.1. The molecule has 2 aromatic rings. The number of amides is 1. The van der Waals surface area contributed by atoms with Crippen LogP contribution in [0.5, 0.6) is 0 Å². The lowest BCUT2D eigenvalue weighted by Crippen LogP contribution is -2.37. The summed E-state index contributed by atoms with van der Waals surface area (Å²) in [6, 6.07) is 15.4. The molecule has 0 saturated heterocycles. The standard InChI is InChI=1S/C20H26N2O2/c1-14-8-7-9-15(2)20(14)21-13-19(24)22-16(3)12-18(23)17-10-5-4-6-11-17/h4-11,16,18,21,23H,12-13H2,1-3H3,(H,22,24). The molecular weight excluding hydrogens is 300 g/mol. The zero-order chi connectivity index (χ0) is 17.5. The minimum Gasteiger partial charge on any atom is -0.388 e. The predicted octanol–water partition coefficient (Wildman–Crippen LogP) is 3.34. The van der Waals surface area contributed by atoms with E-state index in [1.54, 1.807) is 0 Å². The Kier molecular flexibility index (Phi) is 6.38. The van der Waals surface area contributed by atoms with Crippen molar-refractivity contribution >= 4 is 11.6 Å². The molecule has 1 amide bonds. The summed E-state index contributed by atoms with van der Waals surface area (Å²) < 4.78 is 0. The fourth-order valence-corrected chi connectivity index (χ4v) is 2.79. The van der Waals surface area contributed by atoms with Crippen LogP contribution in [-0.4, -0.2) is 23.6 Å². The van der Waals surface area contributed by atoms with Crippen LogP contribution in [-0.2, 0) is 4.79 Å². The molecule has 0 aliphatic heterocycles. The van der Waals surface area contributed by atoms with Crippen molar-refractivity contribution in [3.8, 4) is 0 Å². The highest BCUT2D eigenvalue weighted by atomic mass is 16.3. The summed E-state index contributed by atoms with van der Waals surface area (Å²) in [5.74, 6) is -0.0783. The van der Waals surface area contributed by atoms with Gasteiger partial charge in [-0.05, 0) is 43.9 Å². The van der Waals surface area contributed by atoms with Crippen LogP contribution < -0.4 is 10.6 Å². The Hall–Kier alpha value is -2.33.